The van der Waals surface area contributed by atoms with E-state index in [1.54, 1.807) is 13.8 Å². The number of nitrogens with one attached hydrogen (secondary N) is 1. The third-order valence-electron chi connectivity index (χ3n) is 7.89. The van der Waals surface area contributed by atoms with Gasteiger partial charge in [-0.15, -0.1) is 0 Å². The number of carbonyl (C=O) groups excluding carboxylic acids is 3. The van der Waals surface area contributed by atoms with Crippen LogP contribution in [-0.4, -0.2) is 40.3 Å². The standard InChI is InChI=1S/C26H30F4N2O3/c1-14-6-5-7-18(15(14)2)32-19-12-24(3,4)13-20(33)21(19)25(23(32)35,26(28,29)30)31-22(34)16-8-10-17(27)11-9-16/h8-11,14-15,18H,5-7,12-13H2,1-4H3,(H,31,34)/t14-,15+,18+,25+/m1/s1. The highest BCUT2D eigenvalue weighted by atomic mass is 19.4. The van der Waals surface area contributed by atoms with Crippen LogP contribution < -0.4 is 5.32 Å². The number of carbonyl (C=O) groups is 3. The molecule has 0 spiro atoms. The number of benzene rings is 1. The van der Waals surface area contributed by atoms with Crippen molar-refractivity contribution in [3.63, 3.8) is 0 Å². The minimum Gasteiger partial charge on any atom is -0.326 e. The molecule has 1 aromatic carbocycles. The van der Waals surface area contributed by atoms with Gasteiger partial charge in [0.15, 0.2) is 5.78 Å². The summed E-state index contributed by atoms with van der Waals surface area (Å²) in [6, 6.07) is 3.46. The minimum atomic E-state index is -5.27. The SMILES string of the molecule is C[C@H]1[C@H](C)CCC[C@@H]1N1C(=O)[C@](NC(=O)c2ccc(F)cc2)(C(F)(F)F)C2=C1CC(C)(C)CC2=O. The van der Waals surface area contributed by atoms with Crippen LogP contribution in [0.2, 0.25) is 0 Å². The van der Waals surface area contributed by atoms with Gasteiger partial charge in [0, 0.05) is 23.7 Å². The molecule has 2 aliphatic carbocycles. The summed E-state index contributed by atoms with van der Waals surface area (Å²) >= 11 is 0. The minimum absolute atomic E-state index is 0.0685. The van der Waals surface area contributed by atoms with Gasteiger partial charge in [0.25, 0.3) is 11.8 Å². The van der Waals surface area contributed by atoms with Crippen molar-refractivity contribution in [3.8, 4) is 0 Å². The fourth-order valence-corrected chi connectivity index (χ4v) is 5.89. The molecule has 1 aromatic rings. The van der Waals surface area contributed by atoms with E-state index < -0.39 is 52.2 Å². The molecule has 2 amide bonds. The molecular weight excluding hydrogens is 464 g/mol. The van der Waals surface area contributed by atoms with E-state index in [4.69, 9.17) is 0 Å². The first-order chi connectivity index (χ1) is 16.2. The second kappa shape index (κ2) is 8.45. The Morgan fingerprint density at radius 2 is 1.69 bits per heavy atom. The predicted molar refractivity (Wildman–Crippen MR) is 121 cm³/mol. The van der Waals surface area contributed by atoms with Crippen LogP contribution in [0.4, 0.5) is 17.6 Å². The molecule has 4 rings (SSSR count). The molecule has 35 heavy (non-hydrogen) atoms. The van der Waals surface area contributed by atoms with E-state index in [9.17, 15) is 31.9 Å². The Labute approximate surface area is 201 Å². The molecule has 5 nitrogen and oxygen atoms in total. The maximum Gasteiger partial charge on any atom is 0.425 e. The highest BCUT2D eigenvalue weighted by molar-refractivity contribution is 6.14. The second-order valence-corrected chi connectivity index (χ2v) is 11.0. The zero-order chi connectivity index (χ0) is 25.9. The van der Waals surface area contributed by atoms with Crippen LogP contribution in [0.1, 0.15) is 70.2 Å². The Hall–Kier alpha value is -2.71. The number of nitrogens with zero attached hydrogens (tertiary/aromatic N) is 1. The first-order valence-electron chi connectivity index (χ1n) is 11.9. The van der Waals surface area contributed by atoms with Crippen molar-refractivity contribution in [2.45, 2.75) is 77.6 Å². The Balaban J connectivity index is 1.89. The zero-order valence-electron chi connectivity index (χ0n) is 20.3. The highest BCUT2D eigenvalue weighted by Crippen LogP contribution is 2.54. The first-order valence-corrected chi connectivity index (χ1v) is 11.9. The maximum atomic E-state index is 14.9. The summed E-state index contributed by atoms with van der Waals surface area (Å²) in [5.74, 6) is -3.88. The van der Waals surface area contributed by atoms with Gasteiger partial charge in [0.05, 0.1) is 5.57 Å². The lowest BCUT2D eigenvalue weighted by atomic mass is 9.72. The summed E-state index contributed by atoms with van der Waals surface area (Å²) in [6.45, 7) is 7.50. The lowest BCUT2D eigenvalue weighted by Gasteiger charge is -2.43. The molecule has 3 aliphatic rings. The van der Waals surface area contributed by atoms with Gasteiger partial charge in [-0.05, 0) is 54.4 Å². The molecule has 0 bridgehead atoms. The molecule has 4 atom stereocenters. The fourth-order valence-electron chi connectivity index (χ4n) is 5.89. The quantitative estimate of drug-likeness (QED) is 0.590. The number of alkyl halides is 3. The highest BCUT2D eigenvalue weighted by Gasteiger charge is 2.72. The summed E-state index contributed by atoms with van der Waals surface area (Å²) in [5.41, 5.74) is -4.97. The van der Waals surface area contributed by atoms with Crippen molar-refractivity contribution in [1.29, 1.82) is 0 Å². The largest absolute Gasteiger partial charge is 0.425 e. The van der Waals surface area contributed by atoms with E-state index in [-0.39, 0.29) is 35.9 Å². The molecule has 1 fully saturated rings. The summed E-state index contributed by atoms with van der Waals surface area (Å²) < 4.78 is 58.2. The lowest BCUT2D eigenvalue weighted by Crippen LogP contribution is -2.67. The van der Waals surface area contributed by atoms with E-state index in [0.717, 1.165) is 37.1 Å². The van der Waals surface area contributed by atoms with Crippen LogP contribution in [0.5, 0.6) is 0 Å². The van der Waals surface area contributed by atoms with Crippen LogP contribution in [0.3, 0.4) is 0 Å². The number of rotatable bonds is 3. The topological polar surface area (TPSA) is 66.5 Å². The lowest BCUT2D eigenvalue weighted by molar-refractivity contribution is -0.192. The Bertz CT molecular complexity index is 1090. The molecule has 0 radical (unpaired) electrons. The maximum absolute atomic E-state index is 14.9. The van der Waals surface area contributed by atoms with Gasteiger partial charge in [-0.25, -0.2) is 4.39 Å². The van der Waals surface area contributed by atoms with Gasteiger partial charge < -0.3 is 10.2 Å². The fraction of sp³-hybridized carbons (Fsp3) is 0.577. The summed E-state index contributed by atoms with van der Waals surface area (Å²) in [5, 5.41) is 1.91. The molecule has 0 unspecified atom stereocenters. The Morgan fingerprint density at radius 1 is 1.06 bits per heavy atom. The number of halogens is 4. The number of Topliss-reactive ketones (excluding diaryl/α,β-unsaturated/α-hetero) is 1. The number of hydrogen-bond acceptors (Lipinski definition) is 3. The van der Waals surface area contributed by atoms with Crippen LogP contribution in [-0.2, 0) is 9.59 Å². The van der Waals surface area contributed by atoms with Crippen molar-refractivity contribution >= 4 is 17.6 Å². The second-order valence-electron chi connectivity index (χ2n) is 11.0. The molecule has 1 N–H and O–H groups in total. The molecule has 0 saturated heterocycles. The summed E-state index contributed by atoms with van der Waals surface area (Å²) in [7, 11) is 0. The van der Waals surface area contributed by atoms with Crippen molar-refractivity contribution in [3.05, 3.63) is 46.9 Å². The molecule has 1 aliphatic heterocycles. The van der Waals surface area contributed by atoms with Crippen LogP contribution in [0, 0.1) is 23.1 Å². The average molecular weight is 495 g/mol. The van der Waals surface area contributed by atoms with Crippen molar-refractivity contribution in [1.82, 2.24) is 10.2 Å². The van der Waals surface area contributed by atoms with Gasteiger partial charge in [0.2, 0.25) is 5.54 Å². The molecule has 190 valence electrons. The van der Waals surface area contributed by atoms with Crippen LogP contribution in [0.25, 0.3) is 0 Å². The Kier molecular flexibility index (Phi) is 6.13. The van der Waals surface area contributed by atoms with Crippen molar-refractivity contribution in [2.75, 3.05) is 0 Å². The molecular formula is C26H30F4N2O3. The van der Waals surface area contributed by atoms with Gasteiger partial charge in [-0.1, -0.05) is 40.5 Å². The first kappa shape index (κ1) is 25.4. The molecule has 9 heteroatoms. The molecule has 1 heterocycles. The average Bonchev–Trinajstić information content (AvgIpc) is 2.98. The number of ketones is 1. The van der Waals surface area contributed by atoms with E-state index in [2.05, 4.69) is 0 Å². The normalized spacial score (nSPS) is 31.0. The van der Waals surface area contributed by atoms with E-state index in [1.165, 1.54) is 4.90 Å². The van der Waals surface area contributed by atoms with Gasteiger partial charge in [-0.3, -0.25) is 14.4 Å². The smallest absolute Gasteiger partial charge is 0.326 e. The summed E-state index contributed by atoms with van der Waals surface area (Å²) in [4.78, 5) is 41.4. The number of allylic oxidation sites excluding steroid dienone is 1. The third kappa shape index (κ3) is 4.06. The molecule has 0 aromatic heterocycles. The van der Waals surface area contributed by atoms with E-state index in [1.807, 2.05) is 19.2 Å². The van der Waals surface area contributed by atoms with Crippen LogP contribution in [0.15, 0.2) is 35.5 Å². The number of amides is 2. The Morgan fingerprint density at radius 3 is 2.29 bits per heavy atom. The van der Waals surface area contributed by atoms with Crippen LogP contribution >= 0.6 is 0 Å². The van der Waals surface area contributed by atoms with Gasteiger partial charge >= 0.3 is 6.18 Å². The predicted octanol–water partition coefficient (Wildman–Crippen LogP) is 5.17. The summed E-state index contributed by atoms with van der Waals surface area (Å²) in [6.07, 6.45) is -3.16. The third-order valence-corrected chi connectivity index (χ3v) is 7.89. The van der Waals surface area contributed by atoms with E-state index >= 15 is 0 Å². The zero-order valence-corrected chi connectivity index (χ0v) is 20.3. The molecule has 1 saturated carbocycles. The monoisotopic (exact) mass is 494 g/mol. The van der Waals surface area contributed by atoms with Crippen molar-refractivity contribution < 1.29 is 31.9 Å². The van der Waals surface area contributed by atoms with Gasteiger partial charge in [0.1, 0.15) is 5.82 Å². The van der Waals surface area contributed by atoms with Gasteiger partial charge in [-0.2, -0.15) is 13.2 Å². The van der Waals surface area contributed by atoms with E-state index in [0.29, 0.717) is 6.42 Å². The number of hydrogen-bond donors (Lipinski definition) is 1. The van der Waals surface area contributed by atoms with Crippen molar-refractivity contribution in [2.24, 2.45) is 17.3 Å².